The van der Waals surface area contributed by atoms with Crippen LogP contribution in [-0.4, -0.2) is 32.3 Å². The Bertz CT molecular complexity index is 1160. The SMILES string of the molecule is COc1ccc2ccn(CC(NS(=O)(=O)c3c(C)cc(C)cc3C)C(F)(F)F)c2c1. The van der Waals surface area contributed by atoms with Crippen LogP contribution < -0.4 is 9.46 Å². The molecule has 3 aromatic rings. The molecule has 0 aliphatic carbocycles. The molecular formula is C21H23F3N2O3S. The monoisotopic (exact) mass is 440 g/mol. The van der Waals surface area contributed by atoms with Gasteiger partial charge in [0.1, 0.15) is 11.8 Å². The average Bonchev–Trinajstić information content (AvgIpc) is 3.01. The van der Waals surface area contributed by atoms with E-state index in [2.05, 4.69) is 0 Å². The number of halogens is 3. The van der Waals surface area contributed by atoms with Crippen molar-refractivity contribution >= 4 is 20.9 Å². The van der Waals surface area contributed by atoms with E-state index in [4.69, 9.17) is 4.74 Å². The smallest absolute Gasteiger partial charge is 0.406 e. The third-order valence-electron chi connectivity index (χ3n) is 4.93. The molecule has 0 bridgehead atoms. The lowest BCUT2D eigenvalue weighted by molar-refractivity contribution is -0.154. The van der Waals surface area contributed by atoms with Crippen molar-refractivity contribution in [2.75, 3.05) is 7.11 Å². The van der Waals surface area contributed by atoms with E-state index in [1.54, 1.807) is 57.2 Å². The standard InChI is InChI=1S/C21H23F3N2O3S/c1-13-9-14(2)20(15(3)10-13)30(27,28)25-19(21(22,23)24)12-26-8-7-16-5-6-17(29-4)11-18(16)26/h5-11,19,25H,12H2,1-4H3. The minimum Gasteiger partial charge on any atom is -0.497 e. The van der Waals surface area contributed by atoms with E-state index >= 15 is 0 Å². The van der Waals surface area contributed by atoms with Gasteiger partial charge in [-0.1, -0.05) is 17.7 Å². The Morgan fingerprint density at radius 2 is 1.70 bits per heavy atom. The molecule has 0 aliphatic heterocycles. The lowest BCUT2D eigenvalue weighted by Gasteiger charge is -2.24. The number of alkyl halides is 3. The van der Waals surface area contributed by atoms with Crippen LogP contribution in [-0.2, 0) is 16.6 Å². The van der Waals surface area contributed by atoms with E-state index < -0.39 is 28.8 Å². The molecule has 30 heavy (non-hydrogen) atoms. The second-order valence-corrected chi connectivity index (χ2v) is 8.99. The number of aryl methyl sites for hydroxylation is 3. The molecule has 0 saturated carbocycles. The predicted molar refractivity (Wildman–Crippen MR) is 109 cm³/mol. The molecule has 162 valence electrons. The third kappa shape index (κ3) is 4.46. The summed E-state index contributed by atoms with van der Waals surface area (Å²) in [4.78, 5) is -0.124. The summed E-state index contributed by atoms with van der Waals surface area (Å²) in [7, 11) is -2.93. The molecule has 0 radical (unpaired) electrons. The lowest BCUT2D eigenvalue weighted by Crippen LogP contribution is -2.48. The maximum absolute atomic E-state index is 13.8. The zero-order chi connectivity index (χ0) is 22.3. The fourth-order valence-electron chi connectivity index (χ4n) is 3.69. The molecule has 3 rings (SSSR count). The number of hydrogen-bond donors (Lipinski definition) is 1. The summed E-state index contributed by atoms with van der Waals surface area (Å²) in [5.41, 5.74) is 2.16. The zero-order valence-corrected chi connectivity index (χ0v) is 17.9. The largest absolute Gasteiger partial charge is 0.497 e. The van der Waals surface area contributed by atoms with Crippen LogP contribution >= 0.6 is 0 Å². The number of nitrogens with zero attached hydrogens (tertiary/aromatic N) is 1. The number of ether oxygens (including phenoxy) is 1. The molecule has 0 saturated heterocycles. The first-order valence-corrected chi connectivity index (χ1v) is 10.7. The summed E-state index contributed by atoms with van der Waals surface area (Å²) in [6.45, 7) is 4.34. The van der Waals surface area contributed by atoms with E-state index in [1.165, 1.54) is 17.9 Å². The Labute approximate surface area is 173 Å². The van der Waals surface area contributed by atoms with Gasteiger partial charge >= 0.3 is 6.18 Å². The van der Waals surface area contributed by atoms with E-state index in [9.17, 15) is 21.6 Å². The van der Waals surface area contributed by atoms with Crippen LogP contribution in [0.5, 0.6) is 5.75 Å². The first-order valence-electron chi connectivity index (χ1n) is 9.22. The van der Waals surface area contributed by atoms with Gasteiger partial charge in [-0.25, -0.2) is 8.42 Å². The van der Waals surface area contributed by atoms with Crippen LogP contribution in [0.3, 0.4) is 0 Å². The van der Waals surface area contributed by atoms with Gasteiger partial charge in [0.05, 0.1) is 17.5 Å². The van der Waals surface area contributed by atoms with Gasteiger partial charge < -0.3 is 9.30 Å². The number of methoxy groups -OCH3 is 1. The molecule has 5 nitrogen and oxygen atoms in total. The van der Waals surface area contributed by atoms with Gasteiger partial charge in [0, 0.05) is 18.8 Å². The number of hydrogen-bond acceptors (Lipinski definition) is 3. The van der Waals surface area contributed by atoms with Crippen molar-refractivity contribution in [3.8, 4) is 5.75 Å². The number of sulfonamides is 1. The number of rotatable bonds is 6. The highest BCUT2D eigenvalue weighted by atomic mass is 32.2. The second kappa shape index (κ2) is 7.96. The first kappa shape index (κ1) is 22.2. The quantitative estimate of drug-likeness (QED) is 0.615. The van der Waals surface area contributed by atoms with Gasteiger partial charge in [-0.3, -0.25) is 0 Å². The Balaban J connectivity index is 1.99. The van der Waals surface area contributed by atoms with Crippen LogP contribution in [0.2, 0.25) is 0 Å². The minimum absolute atomic E-state index is 0.124. The van der Waals surface area contributed by atoms with Crippen molar-refractivity contribution in [3.63, 3.8) is 0 Å². The molecule has 0 aliphatic rings. The van der Waals surface area contributed by atoms with Gasteiger partial charge in [-0.15, -0.1) is 0 Å². The Morgan fingerprint density at radius 1 is 1.07 bits per heavy atom. The zero-order valence-electron chi connectivity index (χ0n) is 17.0. The molecule has 0 amide bonds. The van der Waals surface area contributed by atoms with Crippen molar-refractivity contribution in [1.29, 1.82) is 0 Å². The molecule has 1 aromatic heterocycles. The third-order valence-corrected chi connectivity index (χ3v) is 6.70. The van der Waals surface area contributed by atoms with Crippen LogP contribution in [0.15, 0.2) is 47.5 Å². The maximum atomic E-state index is 13.8. The molecule has 0 fully saturated rings. The first-order chi connectivity index (χ1) is 13.9. The summed E-state index contributed by atoms with van der Waals surface area (Å²) in [5.74, 6) is 0.498. The summed E-state index contributed by atoms with van der Waals surface area (Å²) in [5, 5.41) is 0.727. The van der Waals surface area contributed by atoms with Gasteiger partial charge in [-0.2, -0.15) is 17.9 Å². The minimum atomic E-state index is -4.78. The topological polar surface area (TPSA) is 60.3 Å². The highest BCUT2D eigenvalue weighted by Crippen LogP contribution is 2.28. The van der Waals surface area contributed by atoms with Gasteiger partial charge in [0.2, 0.25) is 10.0 Å². The number of benzene rings is 2. The molecule has 1 heterocycles. The fourth-order valence-corrected chi connectivity index (χ4v) is 5.36. The number of aromatic nitrogens is 1. The van der Waals surface area contributed by atoms with E-state index in [1.807, 2.05) is 4.72 Å². The highest BCUT2D eigenvalue weighted by Gasteiger charge is 2.43. The maximum Gasteiger partial charge on any atom is 0.406 e. The van der Waals surface area contributed by atoms with Crippen LogP contribution in [0.25, 0.3) is 10.9 Å². The van der Waals surface area contributed by atoms with Crippen LogP contribution in [0.4, 0.5) is 13.2 Å². The molecule has 1 unspecified atom stereocenters. The van der Waals surface area contributed by atoms with E-state index in [0.717, 1.165) is 10.9 Å². The molecule has 2 aromatic carbocycles. The highest BCUT2D eigenvalue weighted by molar-refractivity contribution is 7.89. The number of fused-ring (bicyclic) bond motifs is 1. The van der Waals surface area contributed by atoms with Crippen molar-refractivity contribution in [2.45, 2.75) is 44.4 Å². The summed E-state index contributed by atoms with van der Waals surface area (Å²) >= 11 is 0. The Kier molecular flexibility index (Phi) is 5.88. The van der Waals surface area contributed by atoms with E-state index in [0.29, 0.717) is 22.4 Å². The normalized spacial score (nSPS) is 13.6. The molecular weight excluding hydrogens is 417 g/mol. The fraction of sp³-hybridized carbons (Fsp3) is 0.333. The molecule has 1 N–H and O–H groups in total. The molecule has 1 atom stereocenters. The Hall–Kier alpha value is -2.52. The summed E-state index contributed by atoms with van der Waals surface area (Å²) < 4.78 is 75.6. The van der Waals surface area contributed by atoms with Gasteiger partial charge in [-0.05, 0) is 55.5 Å². The van der Waals surface area contributed by atoms with Gasteiger partial charge in [0.25, 0.3) is 0 Å². The average molecular weight is 440 g/mol. The lowest BCUT2D eigenvalue weighted by atomic mass is 10.1. The molecule has 0 spiro atoms. The van der Waals surface area contributed by atoms with Crippen molar-refractivity contribution < 1.29 is 26.3 Å². The van der Waals surface area contributed by atoms with Crippen molar-refractivity contribution in [3.05, 3.63) is 59.3 Å². The summed E-state index contributed by atoms with van der Waals surface area (Å²) in [6.07, 6.45) is -3.28. The van der Waals surface area contributed by atoms with E-state index in [-0.39, 0.29) is 4.90 Å². The van der Waals surface area contributed by atoms with Crippen LogP contribution in [0.1, 0.15) is 16.7 Å². The summed E-state index contributed by atoms with van der Waals surface area (Å²) in [6, 6.07) is 7.70. The van der Waals surface area contributed by atoms with Crippen LogP contribution in [0, 0.1) is 20.8 Å². The predicted octanol–water partition coefficient (Wildman–Crippen LogP) is 4.48. The van der Waals surface area contributed by atoms with Crippen molar-refractivity contribution in [1.82, 2.24) is 9.29 Å². The van der Waals surface area contributed by atoms with Gasteiger partial charge in [0.15, 0.2) is 0 Å². The molecule has 9 heteroatoms. The van der Waals surface area contributed by atoms with Crippen molar-refractivity contribution in [2.24, 2.45) is 0 Å². The number of nitrogens with one attached hydrogen (secondary N) is 1. The second-order valence-electron chi connectivity index (χ2n) is 7.34. The Morgan fingerprint density at radius 3 is 2.27 bits per heavy atom.